The quantitative estimate of drug-likeness (QED) is 0.842. The van der Waals surface area contributed by atoms with Crippen LogP contribution in [0.3, 0.4) is 0 Å². The first kappa shape index (κ1) is 11.7. The molecule has 0 radical (unpaired) electrons. The zero-order valence-electron chi connectivity index (χ0n) is 9.47. The van der Waals surface area contributed by atoms with Crippen LogP contribution in [0.1, 0.15) is 24.2 Å². The molecule has 3 nitrogen and oxygen atoms in total. The fraction of sp³-hybridized carbons (Fsp3) is 0.154. The maximum absolute atomic E-state index is 9.50. The monoisotopic (exact) mass is 248 g/mol. The van der Waals surface area contributed by atoms with Crippen molar-refractivity contribution in [3.05, 3.63) is 59.6 Å². The second kappa shape index (κ2) is 4.63. The molecule has 1 N–H and O–H groups in total. The molecule has 2 aromatic rings. The molecular weight excluding hydrogens is 236 g/mol. The third-order valence-corrected chi connectivity index (χ3v) is 3.00. The molecule has 0 saturated carbocycles. The molecule has 88 valence electrons. The number of benzene rings is 1. The van der Waals surface area contributed by atoms with Gasteiger partial charge >= 0.3 is 0 Å². The lowest BCUT2D eigenvalue weighted by Crippen LogP contribution is -2.09. The van der Waals surface area contributed by atoms with Crippen molar-refractivity contribution in [2.75, 3.05) is 0 Å². The number of aliphatic hydroxyl groups excluding tert-OH is 1. The molecule has 17 heavy (non-hydrogen) atoms. The van der Waals surface area contributed by atoms with Gasteiger partial charge in [0.15, 0.2) is 0 Å². The fourth-order valence-electron chi connectivity index (χ4n) is 1.80. The Bertz CT molecular complexity index is 534. The third-order valence-electron chi connectivity index (χ3n) is 2.72. The average Bonchev–Trinajstić information content (AvgIpc) is 2.71. The number of nitrogens with zero attached hydrogens (tertiary/aromatic N) is 2. The van der Waals surface area contributed by atoms with E-state index in [4.69, 9.17) is 11.6 Å². The number of hydrogen-bond acceptors (Lipinski definition) is 2. The lowest BCUT2D eigenvalue weighted by atomic mass is 10.1. The summed E-state index contributed by atoms with van der Waals surface area (Å²) in [6.45, 7) is 5.51. The van der Waals surface area contributed by atoms with Crippen LogP contribution in [0.25, 0.3) is 5.76 Å². The lowest BCUT2D eigenvalue weighted by Gasteiger charge is -2.17. The van der Waals surface area contributed by atoms with Gasteiger partial charge in [0, 0.05) is 0 Å². The van der Waals surface area contributed by atoms with E-state index in [1.165, 1.54) is 6.20 Å². The predicted octanol–water partition coefficient (Wildman–Crippen LogP) is 3.67. The minimum Gasteiger partial charge on any atom is -0.506 e. The summed E-state index contributed by atoms with van der Waals surface area (Å²) in [7, 11) is 0. The number of halogens is 1. The van der Waals surface area contributed by atoms with Crippen LogP contribution >= 0.6 is 11.6 Å². The summed E-state index contributed by atoms with van der Waals surface area (Å²) in [6.07, 6.45) is 1.52. The van der Waals surface area contributed by atoms with Crippen LogP contribution in [0.15, 0.2) is 43.1 Å². The Morgan fingerprint density at radius 3 is 2.65 bits per heavy atom. The lowest BCUT2D eigenvalue weighted by molar-refractivity contribution is 0.497. The van der Waals surface area contributed by atoms with Crippen LogP contribution in [0, 0.1) is 0 Å². The predicted molar refractivity (Wildman–Crippen MR) is 69.2 cm³/mol. The van der Waals surface area contributed by atoms with E-state index in [0.29, 0.717) is 11.0 Å². The van der Waals surface area contributed by atoms with Gasteiger partial charge in [0.05, 0.1) is 12.2 Å². The molecule has 1 atom stereocenters. The van der Waals surface area contributed by atoms with Crippen LogP contribution in [-0.2, 0) is 0 Å². The van der Waals surface area contributed by atoms with Crippen LogP contribution in [0.4, 0.5) is 0 Å². The van der Waals surface area contributed by atoms with Gasteiger partial charge in [0.2, 0.25) is 5.28 Å². The summed E-state index contributed by atoms with van der Waals surface area (Å²) < 4.78 is 1.75. The fourth-order valence-corrected chi connectivity index (χ4v) is 2.09. The standard InChI is InChI=1S/C13H13ClN2O/c1-9(11-6-4-3-5-7-11)16-12(10(2)17)8-15-13(16)14/h3-9,17H,2H2,1H3. The van der Waals surface area contributed by atoms with Crippen molar-refractivity contribution in [2.45, 2.75) is 13.0 Å². The van der Waals surface area contributed by atoms with Gasteiger partial charge in [-0.05, 0) is 24.1 Å². The summed E-state index contributed by atoms with van der Waals surface area (Å²) in [5, 5.41) is 9.84. The molecule has 0 amide bonds. The first-order valence-corrected chi connectivity index (χ1v) is 5.65. The molecule has 0 aliphatic heterocycles. The van der Waals surface area contributed by atoms with E-state index < -0.39 is 0 Å². The van der Waals surface area contributed by atoms with Crippen LogP contribution in [0.5, 0.6) is 0 Å². The zero-order valence-corrected chi connectivity index (χ0v) is 10.2. The Hall–Kier alpha value is -1.74. The Kier molecular flexibility index (Phi) is 3.20. The Morgan fingerprint density at radius 1 is 1.41 bits per heavy atom. The van der Waals surface area contributed by atoms with Crippen LogP contribution in [0.2, 0.25) is 5.28 Å². The summed E-state index contributed by atoms with van der Waals surface area (Å²) in [5.74, 6) is -0.0350. The van der Waals surface area contributed by atoms with Gasteiger partial charge < -0.3 is 9.67 Å². The maximum Gasteiger partial charge on any atom is 0.203 e. The Morgan fingerprint density at radius 2 is 2.06 bits per heavy atom. The molecular formula is C13H13ClN2O. The molecule has 0 aliphatic carbocycles. The highest BCUT2D eigenvalue weighted by atomic mass is 35.5. The topological polar surface area (TPSA) is 38.1 Å². The van der Waals surface area contributed by atoms with E-state index in [1.807, 2.05) is 37.3 Å². The van der Waals surface area contributed by atoms with E-state index in [1.54, 1.807) is 4.57 Å². The van der Waals surface area contributed by atoms with E-state index >= 15 is 0 Å². The molecule has 0 aliphatic rings. The zero-order chi connectivity index (χ0) is 12.4. The number of hydrogen-bond donors (Lipinski definition) is 1. The smallest absolute Gasteiger partial charge is 0.203 e. The van der Waals surface area contributed by atoms with Crippen LogP contribution in [-0.4, -0.2) is 14.7 Å². The number of rotatable bonds is 3. The second-order valence-corrected chi connectivity index (χ2v) is 4.15. The highest BCUT2D eigenvalue weighted by Gasteiger charge is 2.17. The minimum absolute atomic E-state index is 0.00917. The molecule has 1 heterocycles. The van der Waals surface area contributed by atoms with Gasteiger partial charge in [-0.15, -0.1) is 0 Å². The largest absolute Gasteiger partial charge is 0.506 e. The van der Waals surface area contributed by atoms with E-state index in [0.717, 1.165) is 5.56 Å². The number of aromatic nitrogens is 2. The Balaban J connectivity index is 2.47. The number of imidazole rings is 1. The van der Waals surface area contributed by atoms with Crippen molar-refractivity contribution >= 4 is 17.4 Å². The highest BCUT2D eigenvalue weighted by molar-refractivity contribution is 6.28. The molecule has 1 aromatic carbocycles. The first-order valence-electron chi connectivity index (χ1n) is 5.27. The molecule has 1 aromatic heterocycles. The van der Waals surface area contributed by atoms with Crippen molar-refractivity contribution < 1.29 is 5.11 Å². The minimum atomic E-state index is -0.0350. The molecule has 4 heteroatoms. The second-order valence-electron chi connectivity index (χ2n) is 3.82. The summed E-state index contributed by atoms with van der Waals surface area (Å²) in [4.78, 5) is 3.99. The summed E-state index contributed by atoms with van der Waals surface area (Å²) >= 11 is 6.03. The van der Waals surface area contributed by atoms with Gasteiger partial charge in [0.25, 0.3) is 0 Å². The third kappa shape index (κ3) is 2.19. The first-order chi connectivity index (χ1) is 8.11. The van der Waals surface area contributed by atoms with Gasteiger partial charge in [-0.2, -0.15) is 0 Å². The average molecular weight is 249 g/mol. The molecule has 0 saturated heterocycles. The Labute approximate surface area is 105 Å². The van der Waals surface area contributed by atoms with Crippen molar-refractivity contribution in [1.29, 1.82) is 0 Å². The van der Waals surface area contributed by atoms with Gasteiger partial charge in [-0.25, -0.2) is 4.98 Å². The molecule has 2 rings (SSSR count). The molecule has 1 unspecified atom stereocenters. The van der Waals surface area contributed by atoms with Crippen molar-refractivity contribution in [3.63, 3.8) is 0 Å². The number of aliphatic hydroxyl groups is 1. The van der Waals surface area contributed by atoms with E-state index in [-0.39, 0.29) is 11.8 Å². The normalized spacial score (nSPS) is 12.4. The van der Waals surface area contributed by atoms with E-state index in [2.05, 4.69) is 11.6 Å². The van der Waals surface area contributed by atoms with Gasteiger partial charge in [-0.3, -0.25) is 0 Å². The van der Waals surface area contributed by atoms with Crippen LogP contribution < -0.4 is 0 Å². The van der Waals surface area contributed by atoms with Crippen molar-refractivity contribution in [1.82, 2.24) is 9.55 Å². The molecule has 0 bridgehead atoms. The summed E-state index contributed by atoms with van der Waals surface area (Å²) in [6, 6.07) is 9.88. The van der Waals surface area contributed by atoms with Gasteiger partial charge in [0.1, 0.15) is 11.5 Å². The maximum atomic E-state index is 9.50. The highest BCUT2D eigenvalue weighted by Crippen LogP contribution is 2.26. The van der Waals surface area contributed by atoms with Gasteiger partial charge in [-0.1, -0.05) is 36.9 Å². The van der Waals surface area contributed by atoms with Crippen molar-refractivity contribution in [3.8, 4) is 0 Å². The molecule has 0 spiro atoms. The SMILES string of the molecule is C=C(O)c1cnc(Cl)n1C(C)c1ccccc1. The van der Waals surface area contributed by atoms with Crippen molar-refractivity contribution in [2.24, 2.45) is 0 Å². The summed E-state index contributed by atoms with van der Waals surface area (Å²) in [5.41, 5.74) is 1.63. The molecule has 0 fully saturated rings. The van der Waals surface area contributed by atoms with E-state index in [9.17, 15) is 5.11 Å².